The minimum atomic E-state index is -4.18. The van der Waals surface area contributed by atoms with Gasteiger partial charge in [0.1, 0.15) is 11.6 Å². The Morgan fingerprint density at radius 2 is 2.05 bits per heavy atom. The molecule has 0 saturated heterocycles. The molecular weight excluding hydrogens is 328 g/mol. The first-order valence-electron chi connectivity index (χ1n) is 5.67. The zero-order valence-corrected chi connectivity index (χ0v) is 12.3. The minimum Gasteiger partial charge on any atom is -0.383 e. The molecule has 21 heavy (non-hydrogen) atoms. The van der Waals surface area contributed by atoms with Gasteiger partial charge in [-0.15, -0.1) is 10.2 Å². The highest BCUT2D eigenvalue weighted by atomic mass is 35.7. The number of ether oxygens (including phenoxy) is 1. The summed E-state index contributed by atoms with van der Waals surface area (Å²) < 4.78 is 55.9. The smallest absolute Gasteiger partial charge is 0.296 e. The number of nitrogens with zero attached hydrogens (tertiary/aromatic N) is 3. The van der Waals surface area contributed by atoms with Gasteiger partial charge in [0, 0.05) is 17.8 Å². The van der Waals surface area contributed by atoms with E-state index in [1.807, 2.05) is 0 Å². The van der Waals surface area contributed by atoms with Gasteiger partial charge in [-0.25, -0.2) is 17.2 Å². The Labute approximate surface area is 123 Å². The Morgan fingerprint density at radius 1 is 1.33 bits per heavy atom. The summed E-state index contributed by atoms with van der Waals surface area (Å²) in [4.78, 5) is 0. The van der Waals surface area contributed by atoms with E-state index in [2.05, 4.69) is 10.2 Å². The van der Waals surface area contributed by atoms with Crippen LogP contribution in [0, 0.1) is 11.6 Å². The molecule has 2 rings (SSSR count). The summed E-state index contributed by atoms with van der Waals surface area (Å²) in [6.07, 6.45) is 0. The molecule has 10 heteroatoms. The maximum atomic E-state index is 13.8. The Kier molecular flexibility index (Phi) is 4.55. The fourth-order valence-corrected chi connectivity index (χ4v) is 2.64. The van der Waals surface area contributed by atoms with E-state index in [9.17, 15) is 17.2 Å². The summed E-state index contributed by atoms with van der Waals surface area (Å²) in [6, 6.07) is 2.75. The molecule has 6 nitrogen and oxygen atoms in total. The maximum absolute atomic E-state index is 13.8. The van der Waals surface area contributed by atoms with Gasteiger partial charge in [-0.2, -0.15) is 0 Å². The number of methoxy groups -OCH3 is 1. The lowest BCUT2D eigenvalue weighted by molar-refractivity contribution is 0.185. The topological polar surface area (TPSA) is 74.1 Å². The lowest BCUT2D eigenvalue weighted by Gasteiger charge is -2.09. The third-order valence-electron chi connectivity index (χ3n) is 2.62. The summed E-state index contributed by atoms with van der Waals surface area (Å²) in [5.74, 6) is -1.60. The highest BCUT2D eigenvalue weighted by Gasteiger charge is 2.24. The van der Waals surface area contributed by atoms with E-state index in [0.717, 1.165) is 22.8 Å². The van der Waals surface area contributed by atoms with Gasteiger partial charge >= 0.3 is 0 Å². The van der Waals surface area contributed by atoms with Crippen molar-refractivity contribution in [3.63, 3.8) is 0 Å². The van der Waals surface area contributed by atoms with Crippen LogP contribution in [-0.2, 0) is 20.3 Å². The molecule has 0 saturated carbocycles. The second-order valence-electron chi connectivity index (χ2n) is 4.01. The van der Waals surface area contributed by atoms with Crippen LogP contribution in [0.1, 0.15) is 0 Å². The molecule has 0 unspecified atom stereocenters. The first kappa shape index (κ1) is 15.8. The Bertz CT molecular complexity index is 764. The van der Waals surface area contributed by atoms with Gasteiger partial charge in [0.2, 0.25) is 0 Å². The van der Waals surface area contributed by atoms with Gasteiger partial charge < -0.3 is 4.74 Å². The Hall–Kier alpha value is -1.58. The van der Waals surface area contributed by atoms with Gasteiger partial charge in [-0.05, 0) is 18.2 Å². The highest BCUT2D eigenvalue weighted by Crippen LogP contribution is 2.25. The second-order valence-corrected chi connectivity index (χ2v) is 6.47. The van der Waals surface area contributed by atoms with E-state index in [4.69, 9.17) is 15.4 Å². The first-order chi connectivity index (χ1) is 9.84. The van der Waals surface area contributed by atoms with Gasteiger partial charge in [-0.3, -0.25) is 4.57 Å². The molecular formula is C11H10ClF2N3O3S. The molecule has 0 amide bonds. The molecule has 0 spiro atoms. The summed E-state index contributed by atoms with van der Waals surface area (Å²) in [7, 11) is 2.47. The number of halogens is 3. The highest BCUT2D eigenvalue weighted by molar-refractivity contribution is 8.13. The predicted molar refractivity (Wildman–Crippen MR) is 70.3 cm³/mol. The first-order valence-corrected chi connectivity index (χ1v) is 7.97. The van der Waals surface area contributed by atoms with E-state index >= 15 is 0 Å². The number of hydrogen-bond donors (Lipinski definition) is 0. The van der Waals surface area contributed by atoms with Gasteiger partial charge in [0.05, 0.1) is 18.7 Å². The van der Waals surface area contributed by atoms with Crippen LogP contribution in [0.2, 0.25) is 0 Å². The third kappa shape index (κ3) is 3.36. The predicted octanol–water partition coefficient (Wildman–Crippen LogP) is 1.80. The van der Waals surface area contributed by atoms with Crippen molar-refractivity contribution < 1.29 is 21.9 Å². The third-order valence-corrected chi connectivity index (χ3v) is 3.78. The average molecular weight is 338 g/mol. The Balaban J connectivity index is 2.63. The van der Waals surface area contributed by atoms with Crippen LogP contribution >= 0.6 is 10.7 Å². The SMILES string of the molecule is COCCn1c(-c2cc(F)ccc2F)nnc1S(=O)(=O)Cl. The summed E-state index contributed by atoms with van der Waals surface area (Å²) in [5, 5.41) is 6.48. The molecule has 0 radical (unpaired) electrons. The lowest BCUT2D eigenvalue weighted by atomic mass is 10.2. The fourth-order valence-electron chi connectivity index (χ4n) is 1.72. The zero-order valence-electron chi connectivity index (χ0n) is 10.8. The van der Waals surface area contributed by atoms with Crippen LogP contribution < -0.4 is 0 Å². The second kappa shape index (κ2) is 6.04. The van der Waals surface area contributed by atoms with E-state index in [-0.39, 0.29) is 24.5 Å². The van der Waals surface area contributed by atoms with Crippen molar-refractivity contribution in [3.8, 4) is 11.4 Å². The van der Waals surface area contributed by atoms with Crippen LogP contribution in [0.4, 0.5) is 8.78 Å². The van der Waals surface area contributed by atoms with Crippen molar-refractivity contribution in [1.29, 1.82) is 0 Å². The molecule has 1 heterocycles. The molecule has 1 aromatic carbocycles. The van der Waals surface area contributed by atoms with Crippen LogP contribution in [-0.4, -0.2) is 36.9 Å². The molecule has 0 atom stereocenters. The standard InChI is InChI=1S/C11H10ClF2N3O3S/c1-20-5-4-17-10(15-16-11(17)21(12,18)19)8-6-7(13)2-3-9(8)14/h2-3,6H,4-5H2,1H3. The van der Waals surface area contributed by atoms with Crippen molar-refractivity contribution in [2.45, 2.75) is 11.7 Å². The number of benzene rings is 1. The number of rotatable bonds is 5. The molecule has 1 aromatic heterocycles. The van der Waals surface area contributed by atoms with Crippen molar-refractivity contribution in [2.24, 2.45) is 0 Å². The summed E-state index contributed by atoms with van der Waals surface area (Å²) >= 11 is 0. The van der Waals surface area contributed by atoms with Crippen LogP contribution in [0.25, 0.3) is 11.4 Å². The minimum absolute atomic E-state index is 0.00999. The van der Waals surface area contributed by atoms with Crippen molar-refractivity contribution in [3.05, 3.63) is 29.8 Å². The monoisotopic (exact) mass is 337 g/mol. The molecule has 0 fully saturated rings. The van der Waals surface area contributed by atoms with Crippen molar-refractivity contribution in [1.82, 2.24) is 14.8 Å². The number of aromatic nitrogens is 3. The maximum Gasteiger partial charge on any atom is 0.296 e. The van der Waals surface area contributed by atoms with Crippen molar-refractivity contribution in [2.75, 3.05) is 13.7 Å². The van der Waals surface area contributed by atoms with E-state index in [1.165, 1.54) is 7.11 Å². The number of hydrogen-bond acceptors (Lipinski definition) is 5. The molecule has 0 bridgehead atoms. The fraction of sp³-hybridized carbons (Fsp3) is 0.273. The van der Waals surface area contributed by atoms with Crippen LogP contribution in [0.5, 0.6) is 0 Å². The molecule has 0 aliphatic rings. The van der Waals surface area contributed by atoms with Gasteiger partial charge in [-0.1, -0.05) is 0 Å². The lowest BCUT2D eigenvalue weighted by Crippen LogP contribution is -2.12. The Morgan fingerprint density at radius 3 is 2.67 bits per heavy atom. The zero-order chi connectivity index (χ0) is 15.6. The molecule has 0 N–H and O–H groups in total. The van der Waals surface area contributed by atoms with Crippen LogP contribution in [0.3, 0.4) is 0 Å². The van der Waals surface area contributed by atoms with Crippen molar-refractivity contribution >= 4 is 19.7 Å². The normalized spacial score (nSPS) is 11.8. The summed E-state index contributed by atoms with van der Waals surface area (Å²) in [5.41, 5.74) is -0.217. The molecule has 0 aliphatic carbocycles. The quantitative estimate of drug-likeness (QED) is 0.778. The van der Waals surface area contributed by atoms with E-state index in [0.29, 0.717) is 0 Å². The van der Waals surface area contributed by atoms with E-state index < -0.39 is 25.8 Å². The molecule has 2 aromatic rings. The van der Waals surface area contributed by atoms with Crippen LogP contribution in [0.15, 0.2) is 23.4 Å². The molecule has 114 valence electrons. The largest absolute Gasteiger partial charge is 0.383 e. The van der Waals surface area contributed by atoms with Gasteiger partial charge in [0.25, 0.3) is 14.2 Å². The average Bonchev–Trinajstić information content (AvgIpc) is 2.82. The molecule has 0 aliphatic heterocycles. The van der Waals surface area contributed by atoms with E-state index in [1.54, 1.807) is 0 Å². The van der Waals surface area contributed by atoms with Gasteiger partial charge in [0.15, 0.2) is 5.82 Å². The summed E-state index contributed by atoms with van der Waals surface area (Å²) in [6.45, 7) is 0.122.